The van der Waals surface area contributed by atoms with Crippen molar-refractivity contribution in [3.8, 4) is 5.69 Å². The van der Waals surface area contributed by atoms with E-state index in [1.165, 1.54) is 12.1 Å². The number of hydrogen-bond donors (Lipinski definition) is 1. The number of pyridine rings is 1. The van der Waals surface area contributed by atoms with Gasteiger partial charge in [-0.2, -0.15) is 5.10 Å². The number of imidazole rings is 1. The zero-order valence-corrected chi connectivity index (χ0v) is 17.5. The Morgan fingerprint density at radius 1 is 1.03 bits per heavy atom. The average Bonchev–Trinajstić information content (AvgIpc) is 3.30. The van der Waals surface area contributed by atoms with Crippen LogP contribution in [0.25, 0.3) is 27.6 Å². The van der Waals surface area contributed by atoms with Gasteiger partial charge in [0, 0.05) is 17.5 Å². The lowest BCUT2D eigenvalue weighted by atomic mass is 10.2. The molecule has 2 N–H and O–H groups in total. The van der Waals surface area contributed by atoms with E-state index in [1.807, 2.05) is 29.8 Å². The zero-order chi connectivity index (χ0) is 21.5. The molecule has 0 saturated carbocycles. The second kappa shape index (κ2) is 7.50. The number of aryl methyl sites for hydroxylation is 2. The first kappa shape index (κ1) is 19.2. The largest absolute Gasteiger partial charge is 0.382 e. The van der Waals surface area contributed by atoms with Gasteiger partial charge < -0.3 is 10.3 Å². The molecule has 0 atom stereocenters. The van der Waals surface area contributed by atoms with Crippen LogP contribution in [-0.2, 0) is 13.0 Å². The summed E-state index contributed by atoms with van der Waals surface area (Å²) < 4.78 is 17.4. The van der Waals surface area contributed by atoms with Crippen molar-refractivity contribution in [2.45, 2.75) is 33.2 Å². The molecular formula is C24H23FN6. The van der Waals surface area contributed by atoms with E-state index in [-0.39, 0.29) is 5.82 Å². The highest BCUT2D eigenvalue weighted by Crippen LogP contribution is 2.30. The number of para-hydroxylation sites is 1. The number of halogens is 1. The predicted octanol–water partition coefficient (Wildman–Crippen LogP) is 4.80. The molecule has 0 fully saturated rings. The lowest BCUT2D eigenvalue weighted by molar-refractivity contribution is 0.626. The minimum Gasteiger partial charge on any atom is -0.382 e. The molecular weight excluding hydrogens is 391 g/mol. The average molecular weight is 414 g/mol. The fraction of sp³-hybridized carbons (Fsp3) is 0.208. The van der Waals surface area contributed by atoms with E-state index < -0.39 is 0 Å². The lowest BCUT2D eigenvalue weighted by Crippen LogP contribution is -2.07. The van der Waals surface area contributed by atoms with Crippen molar-refractivity contribution in [2.75, 3.05) is 5.73 Å². The monoisotopic (exact) mass is 414 g/mol. The molecule has 0 spiro atoms. The van der Waals surface area contributed by atoms with E-state index in [1.54, 1.807) is 12.1 Å². The topological polar surface area (TPSA) is 74.5 Å². The summed E-state index contributed by atoms with van der Waals surface area (Å²) in [4.78, 5) is 9.39. The Labute approximate surface area is 179 Å². The summed E-state index contributed by atoms with van der Waals surface area (Å²) in [5.41, 5.74) is 11.6. The van der Waals surface area contributed by atoms with Crippen LogP contribution >= 0.6 is 0 Å². The SMILES string of the molecule is CCCc1nc2c(N)nc3ccccc3c2n1Cc1cc(C)n(-c2ccc(F)cc2)n1. The van der Waals surface area contributed by atoms with Crippen molar-refractivity contribution >= 4 is 27.8 Å². The van der Waals surface area contributed by atoms with Crippen LogP contribution in [0.2, 0.25) is 0 Å². The quantitative estimate of drug-likeness (QED) is 0.448. The number of fused-ring (bicyclic) bond motifs is 3. The van der Waals surface area contributed by atoms with Gasteiger partial charge >= 0.3 is 0 Å². The van der Waals surface area contributed by atoms with Gasteiger partial charge in [0.1, 0.15) is 17.2 Å². The second-order valence-corrected chi connectivity index (χ2v) is 7.74. The first-order valence-corrected chi connectivity index (χ1v) is 10.4. The molecule has 0 unspecified atom stereocenters. The van der Waals surface area contributed by atoms with Gasteiger partial charge in [0.05, 0.1) is 29.0 Å². The number of anilines is 1. The number of benzene rings is 2. The molecule has 0 aliphatic heterocycles. The molecule has 2 aromatic carbocycles. The highest BCUT2D eigenvalue weighted by atomic mass is 19.1. The smallest absolute Gasteiger partial charge is 0.152 e. The van der Waals surface area contributed by atoms with Crippen molar-refractivity contribution in [3.05, 3.63) is 77.6 Å². The van der Waals surface area contributed by atoms with Crippen LogP contribution in [0.5, 0.6) is 0 Å². The number of rotatable bonds is 5. The van der Waals surface area contributed by atoms with Crippen molar-refractivity contribution in [1.82, 2.24) is 24.3 Å². The lowest BCUT2D eigenvalue weighted by Gasteiger charge is -2.09. The van der Waals surface area contributed by atoms with Gasteiger partial charge in [0.2, 0.25) is 0 Å². The maximum absolute atomic E-state index is 13.3. The maximum atomic E-state index is 13.3. The predicted molar refractivity (Wildman–Crippen MR) is 121 cm³/mol. The molecule has 5 rings (SSSR count). The fourth-order valence-electron chi connectivity index (χ4n) is 4.11. The molecule has 0 amide bonds. The highest BCUT2D eigenvalue weighted by molar-refractivity contribution is 6.06. The molecule has 3 heterocycles. The molecule has 0 aliphatic rings. The van der Waals surface area contributed by atoms with Crippen molar-refractivity contribution in [2.24, 2.45) is 0 Å². The highest BCUT2D eigenvalue weighted by Gasteiger charge is 2.18. The summed E-state index contributed by atoms with van der Waals surface area (Å²) in [6, 6.07) is 16.4. The maximum Gasteiger partial charge on any atom is 0.152 e. The Hall–Kier alpha value is -3.74. The molecule has 31 heavy (non-hydrogen) atoms. The number of nitrogens with zero attached hydrogens (tertiary/aromatic N) is 5. The first-order chi connectivity index (χ1) is 15.0. The second-order valence-electron chi connectivity index (χ2n) is 7.74. The Morgan fingerprint density at radius 3 is 2.58 bits per heavy atom. The zero-order valence-electron chi connectivity index (χ0n) is 17.5. The Balaban J connectivity index is 1.66. The number of aromatic nitrogens is 5. The van der Waals surface area contributed by atoms with Crippen LogP contribution in [-0.4, -0.2) is 24.3 Å². The van der Waals surface area contributed by atoms with E-state index >= 15 is 0 Å². The summed E-state index contributed by atoms with van der Waals surface area (Å²) in [6.45, 7) is 4.70. The van der Waals surface area contributed by atoms with Gasteiger partial charge in [-0.1, -0.05) is 25.1 Å². The summed E-state index contributed by atoms with van der Waals surface area (Å²) in [7, 11) is 0. The Morgan fingerprint density at radius 2 is 1.81 bits per heavy atom. The molecule has 5 aromatic rings. The van der Waals surface area contributed by atoms with Gasteiger partial charge in [-0.25, -0.2) is 19.0 Å². The van der Waals surface area contributed by atoms with Gasteiger partial charge in [-0.05, 0) is 49.7 Å². The van der Waals surface area contributed by atoms with Crippen LogP contribution < -0.4 is 5.73 Å². The van der Waals surface area contributed by atoms with Gasteiger partial charge in [0.15, 0.2) is 5.82 Å². The van der Waals surface area contributed by atoms with Crippen molar-refractivity contribution < 1.29 is 4.39 Å². The Bertz CT molecular complexity index is 1400. The summed E-state index contributed by atoms with van der Waals surface area (Å²) >= 11 is 0. The van der Waals surface area contributed by atoms with E-state index in [0.717, 1.165) is 57.7 Å². The van der Waals surface area contributed by atoms with Crippen molar-refractivity contribution in [1.29, 1.82) is 0 Å². The van der Waals surface area contributed by atoms with Crippen molar-refractivity contribution in [3.63, 3.8) is 0 Å². The molecule has 0 radical (unpaired) electrons. The molecule has 3 aromatic heterocycles. The van der Waals surface area contributed by atoms with E-state index in [4.69, 9.17) is 15.8 Å². The first-order valence-electron chi connectivity index (χ1n) is 10.4. The van der Waals surface area contributed by atoms with Crippen LogP contribution in [0.15, 0.2) is 54.6 Å². The van der Waals surface area contributed by atoms with E-state index in [2.05, 4.69) is 28.6 Å². The minimum absolute atomic E-state index is 0.263. The minimum atomic E-state index is -0.263. The third kappa shape index (κ3) is 3.32. The van der Waals surface area contributed by atoms with E-state index in [9.17, 15) is 4.39 Å². The Kier molecular flexibility index (Phi) is 4.66. The molecule has 6 nitrogen and oxygen atoms in total. The third-order valence-corrected chi connectivity index (χ3v) is 5.49. The molecule has 0 saturated heterocycles. The van der Waals surface area contributed by atoms with Crippen LogP contribution in [0.3, 0.4) is 0 Å². The summed E-state index contributed by atoms with van der Waals surface area (Å²) in [5.74, 6) is 1.15. The van der Waals surface area contributed by atoms with Gasteiger partial charge in [-0.3, -0.25) is 0 Å². The standard InChI is InChI=1S/C24H23FN6/c1-3-6-21-28-22-23(19-7-4-5-8-20(19)27-24(22)26)30(21)14-17-13-15(2)31(29-17)18-11-9-16(25)10-12-18/h4-5,7-13H,3,6,14H2,1-2H3,(H2,26,27). The normalized spacial score (nSPS) is 11.6. The third-order valence-electron chi connectivity index (χ3n) is 5.49. The molecule has 7 heteroatoms. The summed E-state index contributed by atoms with van der Waals surface area (Å²) in [6.07, 6.45) is 1.80. The summed E-state index contributed by atoms with van der Waals surface area (Å²) in [5, 5.41) is 5.82. The molecule has 0 aliphatic carbocycles. The van der Waals surface area contributed by atoms with Gasteiger partial charge in [-0.15, -0.1) is 0 Å². The molecule has 0 bridgehead atoms. The van der Waals surface area contributed by atoms with E-state index in [0.29, 0.717) is 12.4 Å². The van der Waals surface area contributed by atoms with Crippen LogP contribution in [0.1, 0.15) is 30.6 Å². The number of nitrogens with two attached hydrogens (primary N) is 1. The van der Waals surface area contributed by atoms with Gasteiger partial charge in [0.25, 0.3) is 0 Å². The molecule has 156 valence electrons. The fourth-order valence-corrected chi connectivity index (χ4v) is 4.11. The van der Waals surface area contributed by atoms with Crippen LogP contribution in [0, 0.1) is 12.7 Å². The van der Waals surface area contributed by atoms with Crippen LogP contribution in [0.4, 0.5) is 10.2 Å². The number of nitrogen functional groups attached to an aromatic ring is 1. The number of hydrogen-bond acceptors (Lipinski definition) is 4.